The van der Waals surface area contributed by atoms with Crippen LogP contribution in [-0.4, -0.2) is 76.8 Å². The highest BCUT2D eigenvalue weighted by Crippen LogP contribution is 2.42. The molecule has 2 N–H and O–H groups in total. The third-order valence-corrected chi connectivity index (χ3v) is 5.11. The van der Waals surface area contributed by atoms with Crippen LogP contribution in [0.1, 0.15) is 16.1 Å². The Balaban J connectivity index is 0.000000513. The molecule has 0 aliphatic carbocycles. The maximum Gasteiger partial charge on any atom is 0.290 e. The van der Waals surface area contributed by atoms with Crippen molar-refractivity contribution < 1.29 is 34.1 Å². The number of ether oxygens (including phenoxy) is 2. The predicted octanol–water partition coefficient (Wildman–Crippen LogP) is 1.35. The van der Waals surface area contributed by atoms with E-state index in [1.54, 1.807) is 12.4 Å². The number of aryl methyl sites for hydroxylation is 1. The Bertz CT molecular complexity index is 842. The van der Waals surface area contributed by atoms with Crippen molar-refractivity contribution in [2.45, 2.75) is 6.92 Å². The highest BCUT2D eigenvalue weighted by Gasteiger charge is 2.52. The normalized spacial score (nSPS) is 20.9. The summed E-state index contributed by atoms with van der Waals surface area (Å²) in [5.41, 5.74) is 1.38. The molecule has 0 aromatic carbocycles. The monoisotopic (exact) mass is 431 g/mol. The van der Waals surface area contributed by atoms with Crippen molar-refractivity contribution in [1.82, 2.24) is 14.9 Å². The van der Waals surface area contributed by atoms with Gasteiger partial charge in [-0.15, -0.1) is 0 Å². The van der Waals surface area contributed by atoms with Crippen LogP contribution in [0.5, 0.6) is 5.88 Å². The van der Waals surface area contributed by atoms with Gasteiger partial charge in [-0.2, -0.15) is 0 Å². The average molecular weight is 431 g/mol. The van der Waals surface area contributed by atoms with E-state index in [-0.39, 0.29) is 24.3 Å². The van der Waals surface area contributed by atoms with E-state index in [9.17, 15) is 4.79 Å². The van der Waals surface area contributed by atoms with Crippen LogP contribution in [0.4, 0.5) is 0 Å². The number of amides is 1. The standard InChI is InChI=1S/C19H21N3O3.2CH2O2/c1-14-5-6-15(8-21-14)18(23)22-9-16-10-24-12-19(16,11-22)13-25-17-4-2-3-7-20-17;2*2-1-3/h2-8,16H,9-13H2,1H3;2*1H,(H,2,3)/t16-,19+;;/m1../s1. The van der Waals surface area contributed by atoms with Gasteiger partial charge >= 0.3 is 0 Å². The van der Waals surface area contributed by atoms with Crippen LogP contribution in [0, 0.1) is 18.3 Å². The summed E-state index contributed by atoms with van der Waals surface area (Å²) in [6, 6.07) is 9.31. The van der Waals surface area contributed by atoms with Crippen LogP contribution < -0.4 is 4.74 Å². The summed E-state index contributed by atoms with van der Waals surface area (Å²) < 4.78 is 11.6. The van der Waals surface area contributed by atoms with Crippen LogP contribution >= 0.6 is 0 Å². The van der Waals surface area contributed by atoms with E-state index in [0.717, 1.165) is 5.69 Å². The quantitative estimate of drug-likeness (QED) is 0.687. The lowest BCUT2D eigenvalue weighted by Crippen LogP contribution is -2.38. The first kappa shape index (κ1) is 23.7. The minimum Gasteiger partial charge on any atom is -0.483 e. The van der Waals surface area contributed by atoms with Gasteiger partial charge in [-0.25, -0.2) is 4.98 Å². The summed E-state index contributed by atoms with van der Waals surface area (Å²) in [5, 5.41) is 13.8. The molecule has 10 heteroatoms. The zero-order valence-electron chi connectivity index (χ0n) is 17.1. The van der Waals surface area contributed by atoms with Gasteiger partial charge in [0, 0.05) is 43.2 Å². The van der Waals surface area contributed by atoms with Crippen molar-refractivity contribution in [2.24, 2.45) is 11.3 Å². The summed E-state index contributed by atoms with van der Waals surface area (Å²) in [4.78, 5) is 39.9. The van der Waals surface area contributed by atoms with E-state index in [1.807, 2.05) is 42.2 Å². The number of aromatic nitrogens is 2. The van der Waals surface area contributed by atoms with E-state index in [2.05, 4.69) is 9.97 Å². The fourth-order valence-corrected chi connectivity index (χ4v) is 3.62. The second kappa shape index (κ2) is 11.6. The van der Waals surface area contributed by atoms with Gasteiger partial charge in [-0.1, -0.05) is 6.07 Å². The maximum atomic E-state index is 12.8. The van der Waals surface area contributed by atoms with Gasteiger partial charge in [0.05, 0.1) is 30.8 Å². The molecule has 0 bridgehead atoms. The van der Waals surface area contributed by atoms with Crippen molar-refractivity contribution in [3.8, 4) is 5.88 Å². The molecule has 2 aromatic heterocycles. The number of pyridine rings is 2. The van der Waals surface area contributed by atoms with E-state index in [4.69, 9.17) is 29.3 Å². The van der Waals surface area contributed by atoms with Gasteiger partial charge in [0.15, 0.2) is 0 Å². The van der Waals surface area contributed by atoms with Crippen LogP contribution in [0.2, 0.25) is 0 Å². The zero-order valence-corrected chi connectivity index (χ0v) is 17.1. The number of fused-ring (bicyclic) bond motifs is 1. The van der Waals surface area contributed by atoms with Crippen LogP contribution in [0.25, 0.3) is 0 Å². The van der Waals surface area contributed by atoms with E-state index >= 15 is 0 Å². The molecule has 0 saturated carbocycles. The maximum absolute atomic E-state index is 12.8. The van der Waals surface area contributed by atoms with Crippen LogP contribution in [0.3, 0.4) is 0 Å². The molecular formula is C21H25N3O7. The Labute approximate surface area is 179 Å². The highest BCUT2D eigenvalue weighted by atomic mass is 16.5. The third kappa shape index (κ3) is 6.22. The number of rotatable bonds is 4. The molecule has 10 nitrogen and oxygen atoms in total. The molecule has 4 rings (SSSR count). The van der Waals surface area contributed by atoms with Crippen molar-refractivity contribution in [1.29, 1.82) is 0 Å². The Kier molecular flexibility index (Phi) is 8.89. The number of nitrogens with zero attached hydrogens (tertiary/aromatic N) is 3. The van der Waals surface area contributed by atoms with Crippen molar-refractivity contribution in [3.05, 3.63) is 54.0 Å². The SMILES string of the molecule is Cc1ccc(C(=O)N2C[C@@H]3COC[C@]3(COc3ccccn3)C2)cn1.O=CO.O=CO. The van der Waals surface area contributed by atoms with Gasteiger partial charge in [0.25, 0.3) is 18.9 Å². The molecule has 0 radical (unpaired) electrons. The van der Waals surface area contributed by atoms with Gasteiger partial charge in [0.1, 0.15) is 0 Å². The fraction of sp³-hybridized carbons (Fsp3) is 0.381. The van der Waals surface area contributed by atoms with Gasteiger partial charge in [0.2, 0.25) is 5.88 Å². The molecule has 2 fully saturated rings. The summed E-state index contributed by atoms with van der Waals surface area (Å²) in [5.74, 6) is 0.924. The van der Waals surface area contributed by atoms with E-state index < -0.39 is 0 Å². The fourth-order valence-electron chi connectivity index (χ4n) is 3.62. The second-order valence-corrected chi connectivity index (χ2v) is 7.12. The molecule has 2 aromatic rings. The molecule has 2 aliphatic heterocycles. The number of hydrogen-bond acceptors (Lipinski definition) is 7. The lowest BCUT2D eigenvalue weighted by Gasteiger charge is -2.26. The minimum absolute atomic E-state index is 0.0270. The van der Waals surface area contributed by atoms with Crippen molar-refractivity contribution in [3.63, 3.8) is 0 Å². The molecule has 4 heterocycles. The lowest BCUT2D eigenvalue weighted by atomic mass is 9.82. The number of likely N-dealkylation sites (tertiary alicyclic amines) is 1. The largest absolute Gasteiger partial charge is 0.483 e. The second-order valence-electron chi connectivity index (χ2n) is 7.12. The smallest absolute Gasteiger partial charge is 0.290 e. The first-order chi connectivity index (χ1) is 15.0. The first-order valence-electron chi connectivity index (χ1n) is 9.49. The zero-order chi connectivity index (χ0) is 22.7. The molecule has 1 amide bonds. The lowest BCUT2D eigenvalue weighted by molar-refractivity contribution is -0.123. The van der Waals surface area contributed by atoms with Crippen molar-refractivity contribution >= 4 is 18.9 Å². The molecule has 0 unspecified atom stereocenters. The first-order valence-corrected chi connectivity index (χ1v) is 9.49. The molecule has 2 saturated heterocycles. The van der Waals surface area contributed by atoms with Gasteiger partial charge in [-0.3, -0.25) is 19.4 Å². The Morgan fingerprint density at radius 2 is 2.00 bits per heavy atom. The average Bonchev–Trinajstić information content (AvgIpc) is 3.32. The summed E-state index contributed by atoms with van der Waals surface area (Å²) in [6.07, 6.45) is 3.36. The van der Waals surface area contributed by atoms with Crippen molar-refractivity contribution in [2.75, 3.05) is 32.9 Å². The number of carbonyl (C=O) groups is 3. The predicted molar refractivity (Wildman–Crippen MR) is 109 cm³/mol. The Morgan fingerprint density at radius 1 is 1.26 bits per heavy atom. The Morgan fingerprint density at radius 3 is 2.61 bits per heavy atom. The van der Waals surface area contributed by atoms with Crippen LogP contribution in [-0.2, 0) is 14.3 Å². The molecule has 2 aliphatic rings. The summed E-state index contributed by atoms with van der Waals surface area (Å²) >= 11 is 0. The summed E-state index contributed by atoms with van der Waals surface area (Å²) in [6.45, 7) is 4.53. The van der Waals surface area contributed by atoms with Gasteiger partial charge in [-0.05, 0) is 25.1 Å². The molecule has 31 heavy (non-hydrogen) atoms. The minimum atomic E-state index is -0.250. The third-order valence-electron chi connectivity index (χ3n) is 5.11. The van der Waals surface area contributed by atoms with E-state index in [1.165, 1.54) is 0 Å². The Hall–Kier alpha value is -3.53. The van der Waals surface area contributed by atoms with Gasteiger partial charge < -0.3 is 24.6 Å². The highest BCUT2D eigenvalue weighted by molar-refractivity contribution is 5.94. The number of carboxylic acid groups (broad SMARTS) is 2. The topological polar surface area (TPSA) is 139 Å². The number of carbonyl (C=O) groups excluding carboxylic acids is 1. The van der Waals surface area contributed by atoms with E-state index in [0.29, 0.717) is 50.3 Å². The van der Waals surface area contributed by atoms with Crippen LogP contribution in [0.15, 0.2) is 42.7 Å². The number of hydrogen-bond donors (Lipinski definition) is 2. The molecule has 0 spiro atoms. The molecule has 2 atom stereocenters. The molecule has 166 valence electrons. The summed E-state index contributed by atoms with van der Waals surface area (Å²) in [7, 11) is 0. The molecular weight excluding hydrogens is 406 g/mol.